The third-order valence-electron chi connectivity index (χ3n) is 7.79. The number of amides is 2. The molecule has 3 aromatic rings. The SMILES string of the molecule is O=C(Nc1ccc2cc[nH]c2c1)[C@@H]1c2ccccc2C(=O)N(C[C@H]2CCCO2)C12CCCC2. The van der Waals surface area contributed by atoms with Crippen LogP contribution in [0.5, 0.6) is 0 Å². The van der Waals surface area contributed by atoms with Crippen molar-refractivity contribution in [3.8, 4) is 0 Å². The third kappa shape index (κ3) is 3.35. The standard InChI is InChI=1S/C27H29N3O3/c31-25(29-19-10-9-18-11-14-28-23(18)16-19)24-21-7-1-2-8-22(21)26(32)30(17-20-6-5-15-33-20)27(24)12-3-4-13-27/h1-2,7-11,14,16,20,24,28H,3-6,12-13,15,17H2,(H,29,31)/t20-,24+/m1/s1. The van der Waals surface area contributed by atoms with Crippen molar-refractivity contribution in [3.63, 3.8) is 0 Å². The minimum atomic E-state index is -0.502. The zero-order valence-corrected chi connectivity index (χ0v) is 18.7. The van der Waals surface area contributed by atoms with Crippen LogP contribution in [0.15, 0.2) is 54.7 Å². The molecule has 6 nitrogen and oxygen atoms in total. The number of rotatable bonds is 4. The molecule has 1 aromatic heterocycles. The molecule has 1 spiro atoms. The van der Waals surface area contributed by atoms with Crippen LogP contribution in [0.4, 0.5) is 5.69 Å². The lowest BCUT2D eigenvalue weighted by molar-refractivity contribution is -0.121. The van der Waals surface area contributed by atoms with Gasteiger partial charge in [0, 0.05) is 36.1 Å². The van der Waals surface area contributed by atoms with E-state index in [1.165, 1.54) is 0 Å². The molecule has 1 aliphatic carbocycles. The van der Waals surface area contributed by atoms with E-state index in [1.807, 2.05) is 59.6 Å². The average molecular weight is 444 g/mol. The number of H-pyrrole nitrogens is 1. The fourth-order valence-electron chi connectivity index (χ4n) is 6.26. The molecule has 3 heterocycles. The van der Waals surface area contributed by atoms with E-state index in [4.69, 9.17) is 4.74 Å². The summed E-state index contributed by atoms with van der Waals surface area (Å²) in [5.74, 6) is -0.408. The first-order valence-corrected chi connectivity index (χ1v) is 12.1. The number of anilines is 1. The number of ether oxygens (including phenoxy) is 1. The van der Waals surface area contributed by atoms with Gasteiger partial charge < -0.3 is 19.9 Å². The lowest BCUT2D eigenvalue weighted by atomic mass is 9.71. The third-order valence-corrected chi connectivity index (χ3v) is 7.79. The Morgan fingerprint density at radius 3 is 2.79 bits per heavy atom. The lowest BCUT2D eigenvalue weighted by Crippen LogP contribution is -2.61. The van der Waals surface area contributed by atoms with Crippen LogP contribution in [0.1, 0.15) is 60.4 Å². The molecule has 2 N–H and O–H groups in total. The van der Waals surface area contributed by atoms with Crippen molar-refractivity contribution in [2.45, 2.75) is 56.1 Å². The molecular formula is C27H29N3O3. The first kappa shape index (κ1) is 20.5. The molecule has 6 rings (SSSR count). The van der Waals surface area contributed by atoms with Crippen molar-refractivity contribution in [2.24, 2.45) is 0 Å². The molecule has 6 heteroatoms. The van der Waals surface area contributed by atoms with Gasteiger partial charge in [-0.3, -0.25) is 9.59 Å². The molecule has 33 heavy (non-hydrogen) atoms. The molecule has 2 aliphatic heterocycles. The molecular weight excluding hydrogens is 414 g/mol. The Bertz CT molecular complexity index is 1200. The molecule has 2 amide bonds. The summed E-state index contributed by atoms with van der Waals surface area (Å²) in [4.78, 5) is 32.9. The second-order valence-electron chi connectivity index (χ2n) is 9.65. The number of aromatic nitrogens is 1. The maximum Gasteiger partial charge on any atom is 0.254 e. The average Bonchev–Trinajstić information content (AvgIpc) is 3.59. The minimum absolute atomic E-state index is 0.0415. The molecule has 2 atom stereocenters. The number of fused-ring (bicyclic) bond motifs is 2. The minimum Gasteiger partial charge on any atom is -0.376 e. The molecule has 0 unspecified atom stereocenters. The van der Waals surface area contributed by atoms with Crippen molar-refractivity contribution < 1.29 is 14.3 Å². The van der Waals surface area contributed by atoms with E-state index in [1.54, 1.807) is 0 Å². The Kier molecular flexibility index (Phi) is 4.98. The van der Waals surface area contributed by atoms with Gasteiger partial charge in [-0.25, -0.2) is 0 Å². The molecule has 0 bridgehead atoms. The van der Waals surface area contributed by atoms with Crippen LogP contribution in [-0.4, -0.2) is 46.5 Å². The van der Waals surface area contributed by atoms with Gasteiger partial charge in [-0.2, -0.15) is 0 Å². The van der Waals surface area contributed by atoms with Crippen LogP contribution < -0.4 is 5.32 Å². The van der Waals surface area contributed by atoms with Gasteiger partial charge in [0.15, 0.2) is 0 Å². The van der Waals surface area contributed by atoms with Gasteiger partial charge in [-0.15, -0.1) is 0 Å². The van der Waals surface area contributed by atoms with E-state index in [0.29, 0.717) is 12.1 Å². The number of carbonyl (C=O) groups is 2. The summed E-state index contributed by atoms with van der Waals surface area (Å²) in [7, 11) is 0. The highest BCUT2D eigenvalue weighted by molar-refractivity contribution is 6.05. The van der Waals surface area contributed by atoms with Gasteiger partial charge in [-0.05, 0) is 60.9 Å². The monoisotopic (exact) mass is 443 g/mol. The predicted molar refractivity (Wildman–Crippen MR) is 127 cm³/mol. The van der Waals surface area contributed by atoms with Crippen molar-refractivity contribution in [2.75, 3.05) is 18.5 Å². The summed E-state index contributed by atoms with van der Waals surface area (Å²) in [6, 6.07) is 15.6. The largest absolute Gasteiger partial charge is 0.376 e. The highest BCUT2D eigenvalue weighted by Crippen LogP contribution is 2.51. The summed E-state index contributed by atoms with van der Waals surface area (Å²) in [5.41, 5.74) is 2.75. The van der Waals surface area contributed by atoms with Gasteiger partial charge in [0.1, 0.15) is 0 Å². The van der Waals surface area contributed by atoms with Crippen LogP contribution >= 0.6 is 0 Å². The molecule has 1 saturated carbocycles. The van der Waals surface area contributed by atoms with Crippen molar-refractivity contribution >= 4 is 28.4 Å². The molecule has 1 saturated heterocycles. The summed E-state index contributed by atoms with van der Waals surface area (Å²) < 4.78 is 5.92. The van der Waals surface area contributed by atoms with Crippen LogP contribution in [0, 0.1) is 0 Å². The van der Waals surface area contributed by atoms with E-state index < -0.39 is 11.5 Å². The fourth-order valence-corrected chi connectivity index (χ4v) is 6.26. The normalized spacial score (nSPS) is 23.9. The quantitative estimate of drug-likeness (QED) is 0.606. The first-order chi connectivity index (χ1) is 16.2. The van der Waals surface area contributed by atoms with Crippen molar-refractivity contribution in [3.05, 3.63) is 65.9 Å². The smallest absolute Gasteiger partial charge is 0.254 e. The second-order valence-corrected chi connectivity index (χ2v) is 9.65. The number of hydrogen-bond donors (Lipinski definition) is 2. The highest BCUT2D eigenvalue weighted by Gasteiger charge is 2.56. The number of benzene rings is 2. The van der Waals surface area contributed by atoms with Crippen LogP contribution in [0.3, 0.4) is 0 Å². The van der Waals surface area contributed by atoms with E-state index in [9.17, 15) is 9.59 Å². The van der Waals surface area contributed by atoms with Gasteiger partial charge >= 0.3 is 0 Å². The van der Waals surface area contributed by atoms with E-state index in [0.717, 1.165) is 67.3 Å². The summed E-state index contributed by atoms with van der Waals surface area (Å²) in [5, 5.41) is 4.29. The van der Waals surface area contributed by atoms with Crippen molar-refractivity contribution in [1.29, 1.82) is 0 Å². The zero-order valence-electron chi connectivity index (χ0n) is 18.7. The summed E-state index contributed by atoms with van der Waals surface area (Å²) >= 11 is 0. The van der Waals surface area contributed by atoms with E-state index in [-0.39, 0.29) is 17.9 Å². The summed E-state index contributed by atoms with van der Waals surface area (Å²) in [6.45, 7) is 1.31. The maximum atomic E-state index is 14.0. The number of nitrogens with one attached hydrogen (secondary N) is 2. The zero-order chi connectivity index (χ0) is 22.4. The Balaban J connectivity index is 1.41. The van der Waals surface area contributed by atoms with E-state index in [2.05, 4.69) is 10.3 Å². The molecule has 170 valence electrons. The van der Waals surface area contributed by atoms with Crippen molar-refractivity contribution in [1.82, 2.24) is 9.88 Å². The fraction of sp³-hybridized carbons (Fsp3) is 0.407. The van der Waals surface area contributed by atoms with Gasteiger partial charge in [0.25, 0.3) is 5.91 Å². The number of hydrogen-bond acceptors (Lipinski definition) is 3. The Hall–Kier alpha value is -3.12. The van der Waals surface area contributed by atoms with Crippen LogP contribution in [0.2, 0.25) is 0 Å². The summed E-state index contributed by atoms with van der Waals surface area (Å²) in [6.07, 6.45) is 7.67. The predicted octanol–water partition coefficient (Wildman–Crippen LogP) is 4.84. The Morgan fingerprint density at radius 1 is 1.12 bits per heavy atom. The second kappa shape index (κ2) is 8.03. The van der Waals surface area contributed by atoms with Gasteiger partial charge in [0.2, 0.25) is 5.91 Å². The Morgan fingerprint density at radius 2 is 1.97 bits per heavy atom. The highest BCUT2D eigenvalue weighted by atomic mass is 16.5. The van der Waals surface area contributed by atoms with E-state index >= 15 is 0 Å². The lowest BCUT2D eigenvalue weighted by Gasteiger charge is -2.50. The molecule has 2 fully saturated rings. The van der Waals surface area contributed by atoms with Gasteiger partial charge in [-0.1, -0.05) is 37.1 Å². The van der Waals surface area contributed by atoms with Crippen LogP contribution in [-0.2, 0) is 9.53 Å². The molecule has 2 aromatic carbocycles. The Labute approximate surface area is 193 Å². The van der Waals surface area contributed by atoms with Gasteiger partial charge in [0.05, 0.1) is 17.6 Å². The number of aromatic amines is 1. The molecule has 3 aliphatic rings. The van der Waals surface area contributed by atoms with Crippen LogP contribution in [0.25, 0.3) is 10.9 Å². The topological polar surface area (TPSA) is 74.4 Å². The maximum absolute atomic E-state index is 14.0. The number of nitrogens with zero attached hydrogens (tertiary/aromatic N) is 1. The molecule has 0 radical (unpaired) electrons. The number of carbonyl (C=O) groups excluding carboxylic acids is 2. The first-order valence-electron chi connectivity index (χ1n) is 12.1.